The summed E-state index contributed by atoms with van der Waals surface area (Å²) in [6.07, 6.45) is 93.6. The van der Waals surface area contributed by atoms with Gasteiger partial charge in [0.1, 0.15) is 13.2 Å². The maximum atomic E-state index is 12.9. The Labute approximate surface area is 509 Å². The van der Waals surface area contributed by atoms with Gasteiger partial charge in [0.15, 0.2) is 6.10 Å². The molecule has 0 rings (SSSR count). The fourth-order valence-electron chi connectivity index (χ4n) is 10.4. The van der Waals surface area contributed by atoms with Crippen LogP contribution in [0.5, 0.6) is 0 Å². The van der Waals surface area contributed by atoms with E-state index in [1.54, 1.807) is 0 Å². The molecule has 0 aliphatic heterocycles. The van der Waals surface area contributed by atoms with Gasteiger partial charge >= 0.3 is 17.9 Å². The minimum absolute atomic E-state index is 0.0738. The quantitative estimate of drug-likeness (QED) is 0.0261. The molecule has 82 heavy (non-hydrogen) atoms. The molecule has 0 fully saturated rings. The van der Waals surface area contributed by atoms with Crippen molar-refractivity contribution in [3.63, 3.8) is 0 Å². The zero-order valence-electron chi connectivity index (χ0n) is 54.5. The molecule has 0 aromatic heterocycles. The molecule has 1 unspecified atom stereocenters. The van der Waals surface area contributed by atoms with E-state index in [4.69, 9.17) is 14.2 Å². The number of allylic oxidation sites excluding steroid dienone is 14. The lowest BCUT2D eigenvalue weighted by atomic mass is 10.0. The van der Waals surface area contributed by atoms with Crippen molar-refractivity contribution in [1.82, 2.24) is 0 Å². The van der Waals surface area contributed by atoms with E-state index in [2.05, 4.69) is 106 Å². The molecule has 0 aromatic carbocycles. The average molecular weight is 1140 g/mol. The number of esters is 3. The van der Waals surface area contributed by atoms with E-state index in [-0.39, 0.29) is 31.1 Å². The SMILES string of the molecule is CC/C=C\C/C=C\C/C=C\C/C=C\C/C=C\C/C=C\C/C=C\CCCCCCCCCCCC(=O)OCC(COC(=O)CCCCCCCCC)OC(=O)CCCCCCCCCCCCCCCCCCCCCCCCCCCC. The Kier molecular flexibility index (Phi) is 67.2. The van der Waals surface area contributed by atoms with Crippen LogP contribution in [-0.2, 0) is 28.6 Å². The van der Waals surface area contributed by atoms with Gasteiger partial charge in [-0.15, -0.1) is 0 Å². The van der Waals surface area contributed by atoms with Crippen LogP contribution in [-0.4, -0.2) is 37.2 Å². The maximum absolute atomic E-state index is 12.9. The molecule has 0 saturated heterocycles. The van der Waals surface area contributed by atoms with Crippen LogP contribution in [0.4, 0.5) is 0 Å². The summed E-state index contributed by atoms with van der Waals surface area (Å²) in [6, 6.07) is 0. The summed E-state index contributed by atoms with van der Waals surface area (Å²) >= 11 is 0. The van der Waals surface area contributed by atoms with Crippen LogP contribution in [0, 0.1) is 0 Å². The highest BCUT2D eigenvalue weighted by Gasteiger charge is 2.19. The Balaban J connectivity index is 4.08. The summed E-state index contributed by atoms with van der Waals surface area (Å²) in [7, 11) is 0. The van der Waals surface area contributed by atoms with E-state index in [9.17, 15) is 14.4 Å². The third-order valence-electron chi connectivity index (χ3n) is 15.7. The predicted octanol–water partition coefficient (Wildman–Crippen LogP) is 24.6. The lowest BCUT2D eigenvalue weighted by Gasteiger charge is -2.18. The number of unbranched alkanes of at least 4 members (excludes halogenated alkanes) is 40. The Morgan fingerprint density at radius 2 is 0.476 bits per heavy atom. The molecule has 0 aliphatic rings. The molecule has 0 aromatic rings. The Morgan fingerprint density at radius 1 is 0.256 bits per heavy atom. The summed E-state index contributed by atoms with van der Waals surface area (Å²) in [4.78, 5) is 38.2. The van der Waals surface area contributed by atoms with Crippen LogP contribution in [0.15, 0.2) is 85.1 Å². The topological polar surface area (TPSA) is 78.9 Å². The second kappa shape index (κ2) is 70.1. The van der Waals surface area contributed by atoms with E-state index < -0.39 is 6.10 Å². The molecule has 0 bridgehead atoms. The minimum atomic E-state index is -0.775. The third kappa shape index (κ3) is 67.4. The van der Waals surface area contributed by atoms with Crippen molar-refractivity contribution >= 4 is 17.9 Å². The number of carbonyl (C=O) groups excluding carboxylic acids is 3. The summed E-state index contributed by atoms with van der Waals surface area (Å²) in [5.74, 6) is -0.868. The molecule has 0 spiro atoms. The molecule has 0 aliphatic carbocycles. The van der Waals surface area contributed by atoms with Crippen molar-refractivity contribution < 1.29 is 28.6 Å². The van der Waals surface area contributed by atoms with Crippen molar-refractivity contribution in [2.75, 3.05) is 13.2 Å². The number of hydrogen-bond donors (Lipinski definition) is 0. The normalized spacial score (nSPS) is 12.6. The molecule has 474 valence electrons. The van der Waals surface area contributed by atoms with E-state index >= 15 is 0 Å². The number of rotatable bonds is 65. The maximum Gasteiger partial charge on any atom is 0.306 e. The van der Waals surface area contributed by atoms with Crippen LogP contribution in [0.25, 0.3) is 0 Å². The van der Waals surface area contributed by atoms with Crippen molar-refractivity contribution in [3.05, 3.63) is 85.1 Å². The first-order valence-electron chi connectivity index (χ1n) is 35.6. The van der Waals surface area contributed by atoms with Crippen molar-refractivity contribution in [3.8, 4) is 0 Å². The molecular formula is C76H134O6. The predicted molar refractivity (Wildman–Crippen MR) is 358 cm³/mol. The first kappa shape index (κ1) is 78.6. The number of carbonyl (C=O) groups is 3. The van der Waals surface area contributed by atoms with Gasteiger partial charge in [-0.05, 0) is 77.0 Å². The lowest BCUT2D eigenvalue weighted by molar-refractivity contribution is -0.167. The molecule has 6 nitrogen and oxygen atoms in total. The van der Waals surface area contributed by atoms with Gasteiger partial charge in [0.05, 0.1) is 0 Å². The molecule has 0 amide bonds. The number of ether oxygens (including phenoxy) is 3. The summed E-state index contributed by atoms with van der Waals surface area (Å²) < 4.78 is 16.9. The van der Waals surface area contributed by atoms with E-state index in [0.29, 0.717) is 19.3 Å². The van der Waals surface area contributed by atoms with E-state index in [0.717, 1.165) is 109 Å². The highest BCUT2D eigenvalue weighted by atomic mass is 16.6. The molecule has 0 heterocycles. The largest absolute Gasteiger partial charge is 0.462 e. The smallest absolute Gasteiger partial charge is 0.306 e. The van der Waals surface area contributed by atoms with Gasteiger partial charge in [-0.1, -0.05) is 350 Å². The highest BCUT2D eigenvalue weighted by Crippen LogP contribution is 2.18. The molecule has 0 N–H and O–H groups in total. The van der Waals surface area contributed by atoms with Gasteiger partial charge in [0.2, 0.25) is 0 Å². The van der Waals surface area contributed by atoms with Gasteiger partial charge in [0.25, 0.3) is 0 Å². The lowest BCUT2D eigenvalue weighted by Crippen LogP contribution is -2.30. The monoisotopic (exact) mass is 1140 g/mol. The Bertz CT molecular complexity index is 1550. The molecule has 1 atom stereocenters. The molecular weight excluding hydrogens is 1010 g/mol. The summed E-state index contributed by atoms with van der Waals surface area (Å²) in [5.41, 5.74) is 0. The van der Waals surface area contributed by atoms with Gasteiger partial charge in [0, 0.05) is 19.3 Å². The van der Waals surface area contributed by atoms with Gasteiger partial charge < -0.3 is 14.2 Å². The van der Waals surface area contributed by atoms with Crippen molar-refractivity contribution in [1.29, 1.82) is 0 Å². The zero-order chi connectivity index (χ0) is 59.2. The van der Waals surface area contributed by atoms with E-state index in [1.807, 2.05) is 0 Å². The molecule has 0 saturated carbocycles. The Hall–Kier alpha value is -3.41. The molecule has 0 radical (unpaired) electrons. The van der Waals surface area contributed by atoms with Gasteiger partial charge in [-0.2, -0.15) is 0 Å². The van der Waals surface area contributed by atoms with Crippen LogP contribution in [0.2, 0.25) is 0 Å². The van der Waals surface area contributed by atoms with Crippen LogP contribution in [0.3, 0.4) is 0 Å². The third-order valence-corrected chi connectivity index (χ3v) is 15.7. The second-order valence-electron chi connectivity index (χ2n) is 23.8. The van der Waals surface area contributed by atoms with Crippen molar-refractivity contribution in [2.45, 2.75) is 367 Å². The van der Waals surface area contributed by atoms with Gasteiger partial charge in [-0.3, -0.25) is 14.4 Å². The van der Waals surface area contributed by atoms with E-state index in [1.165, 1.54) is 212 Å². The fourth-order valence-corrected chi connectivity index (χ4v) is 10.4. The standard InChI is InChI=1S/C76H134O6/c1-4-7-10-13-16-18-20-22-24-26-28-30-32-34-36-37-38-39-40-42-43-45-47-49-51-53-55-57-60-63-66-69-75(78)81-72-73(71-80-74(77)68-65-62-59-15-12-9-6-3)82-76(79)70-67-64-61-58-56-54-52-50-48-46-44-41-35-33-31-29-27-25-23-21-19-17-14-11-8-5-2/h7,10,16,18,22,24,28,30,34,36,38-39,42-43,73H,4-6,8-9,11-15,17,19-21,23,25-27,29,31-33,35,37,40-41,44-72H2,1-3H3/b10-7-,18-16-,24-22-,30-28-,36-34-,39-38-,43-42-. The highest BCUT2D eigenvalue weighted by molar-refractivity contribution is 5.71. The number of hydrogen-bond acceptors (Lipinski definition) is 6. The Morgan fingerprint density at radius 3 is 0.744 bits per heavy atom. The van der Waals surface area contributed by atoms with Crippen molar-refractivity contribution in [2.24, 2.45) is 0 Å². The van der Waals surface area contributed by atoms with Crippen LogP contribution < -0.4 is 0 Å². The van der Waals surface area contributed by atoms with Crippen LogP contribution in [0.1, 0.15) is 361 Å². The first-order chi connectivity index (χ1) is 40.5. The zero-order valence-corrected chi connectivity index (χ0v) is 54.5. The summed E-state index contributed by atoms with van der Waals surface area (Å²) in [6.45, 7) is 6.53. The summed E-state index contributed by atoms with van der Waals surface area (Å²) in [5, 5.41) is 0. The second-order valence-corrected chi connectivity index (χ2v) is 23.8. The average Bonchev–Trinajstić information content (AvgIpc) is 3.48. The first-order valence-corrected chi connectivity index (χ1v) is 35.6. The van der Waals surface area contributed by atoms with Gasteiger partial charge in [-0.25, -0.2) is 0 Å². The fraction of sp³-hybridized carbons (Fsp3) is 0.776. The minimum Gasteiger partial charge on any atom is -0.462 e. The molecule has 6 heteroatoms. The van der Waals surface area contributed by atoms with Crippen LogP contribution >= 0.6 is 0 Å².